The molecule has 0 radical (unpaired) electrons. The lowest BCUT2D eigenvalue weighted by molar-refractivity contribution is -0.118. The SMILES string of the molecule is CC1(C)CC(=O)C2=C(C1)Nc1ncnn1C2c1ccc2ccccc2c1. The van der Waals surface area contributed by atoms with Crippen molar-refractivity contribution >= 4 is 22.5 Å². The lowest BCUT2D eigenvalue weighted by atomic mass is 9.73. The minimum atomic E-state index is -0.225. The van der Waals surface area contributed by atoms with Crippen LogP contribution in [0.15, 0.2) is 60.1 Å². The van der Waals surface area contributed by atoms with E-state index in [0.717, 1.165) is 28.6 Å². The Morgan fingerprint density at radius 1 is 1.12 bits per heavy atom. The molecule has 3 aromatic rings. The molecule has 1 aliphatic carbocycles. The van der Waals surface area contributed by atoms with Crippen LogP contribution in [-0.4, -0.2) is 20.5 Å². The van der Waals surface area contributed by atoms with Gasteiger partial charge in [-0.1, -0.05) is 50.2 Å². The summed E-state index contributed by atoms with van der Waals surface area (Å²) in [6.45, 7) is 4.28. The number of carbonyl (C=O) groups excluding carboxylic acids is 1. The van der Waals surface area contributed by atoms with Gasteiger partial charge < -0.3 is 5.32 Å². The maximum Gasteiger partial charge on any atom is 0.226 e. The number of fused-ring (bicyclic) bond motifs is 2. The van der Waals surface area contributed by atoms with Crippen LogP contribution in [0.3, 0.4) is 0 Å². The number of allylic oxidation sites excluding steroid dienone is 2. The number of benzene rings is 2. The molecule has 5 nitrogen and oxygen atoms in total. The molecule has 130 valence electrons. The molecule has 1 aromatic heterocycles. The first-order valence-electron chi connectivity index (χ1n) is 8.93. The van der Waals surface area contributed by atoms with Gasteiger partial charge in [0.05, 0.1) is 0 Å². The van der Waals surface area contributed by atoms with Crippen molar-refractivity contribution in [1.29, 1.82) is 0 Å². The second-order valence-corrected chi connectivity index (χ2v) is 8.00. The summed E-state index contributed by atoms with van der Waals surface area (Å²) in [4.78, 5) is 17.4. The second kappa shape index (κ2) is 5.27. The van der Waals surface area contributed by atoms with E-state index in [1.165, 1.54) is 5.39 Å². The topological polar surface area (TPSA) is 59.8 Å². The van der Waals surface area contributed by atoms with E-state index in [9.17, 15) is 4.79 Å². The van der Waals surface area contributed by atoms with Gasteiger partial charge in [-0.05, 0) is 34.2 Å². The van der Waals surface area contributed by atoms with Gasteiger partial charge in [0.15, 0.2) is 5.78 Å². The third-order valence-corrected chi connectivity index (χ3v) is 5.36. The summed E-state index contributed by atoms with van der Waals surface area (Å²) in [5.74, 6) is 0.899. The van der Waals surface area contributed by atoms with E-state index in [-0.39, 0.29) is 17.2 Å². The molecular weight excluding hydrogens is 324 g/mol. The molecule has 5 heteroatoms. The van der Waals surface area contributed by atoms with Crippen molar-refractivity contribution in [2.75, 3.05) is 5.32 Å². The number of nitrogens with zero attached hydrogens (tertiary/aromatic N) is 3. The van der Waals surface area contributed by atoms with Crippen molar-refractivity contribution in [3.8, 4) is 0 Å². The molecule has 0 bridgehead atoms. The van der Waals surface area contributed by atoms with Gasteiger partial charge in [-0.2, -0.15) is 10.1 Å². The second-order valence-electron chi connectivity index (χ2n) is 8.00. The van der Waals surface area contributed by atoms with Gasteiger partial charge in [-0.3, -0.25) is 4.79 Å². The molecule has 2 heterocycles. The first kappa shape index (κ1) is 15.3. The van der Waals surface area contributed by atoms with Gasteiger partial charge in [0.25, 0.3) is 0 Å². The van der Waals surface area contributed by atoms with E-state index in [0.29, 0.717) is 12.4 Å². The lowest BCUT2D eigenvalue weighted by Crippen LogP contribution is -2.36. The first-order valence-corrected chi connectivity index (χ1v) is 8.93. The first-order chi connectivity index (χ1) is 12.5. The molecule has 2 aliphatic rings. The van der Waals surface area contributed by atoms with Crippen molar-refractivity contribution < 1.29 is 4.79 Å². The fourth-order valence-corrected chi connectivity index (χ4v) is 4.23. The normalized spacial score (nSPS) is 21.3. The van der Waals surface area contributed by atoms with Crippen LogP contribution in [0.4, 0.5) is 5.95 Å². The zero-order valence-corrected chi connectivity index (χ0v) is 14.9. The number of Topliss-reactive ketones (excluding diaryl/α,β-unsaturated/α-hetero) is 1. The van der Waals surface area contributed by atoms with Gasteiger partial charge in [0.2, 0.25) is 5.95 Å². The van der Waals surface area contributed by atoms with E-state index in [1.54, 1.807) is 6.33 Å². The van der Waals surface area contributed by atoms with Gasteiger partial charge in [0, 0.05) is 17.7 Å². The largest absolute Gasteiger partial charge is 0.328 e. The van der Waals surface area contributed by atoms with Crippen LogP contribution in [-0.2, 0) is 4.79 Å². The number of hydrogen-bond acceptors (Lipinski definition) is 4. The summed E-state index contributed by atoms with van der Waals surface area (Å²) in [7, 11) is 0. The minimum absolute atomic E-state index is 0.0426. The quantitative estimate of drug-likeness (QED) is 0.722. The predicted octanol–water partition coefficient (Wildman–Crippen LogP) is 4.09. The predicted molar refractivity (Wildman–Crippen MR) is 101 cm³/mol. The van der Waals surface area contributed by atoms with Crippen molar-refractivity contribution in [1.82, 2.24) is 14.8 Å². The van der Waals surface area contributed by atoms with Gasteiger partial charge in [-0.25, -0.2) is 4.68 Å². The Hall–Kier alpha value is -2.95. The Morgan fingerprint density at radius 2 is 1.92 bits per heavy atom. The maximum absolute atomic E-state index is 13.1. The van der Waals surface area contributed by atoms with Crippen molar-refractivity contribution in [3.05, 3.63) is 65.6 Å². The Labute approximate surface area is 151 Å². The van der Waals surface area contributed by atoms with Gasteiger partial charge in [0.1, 0.15) is 12.4 Å². The molecular formula is C21H20N4O. The van der Waals surface area contributed by atoms with E-state index in [2.05, 4.69) is 59.6 Å². The summed E-state index contributed by atoms with van der Waals surface area (Å²) in [5.41, 5.74) is 2.85. The highest BCUT2D eigenvalue weighted by atomic mass is 16.1. The smallest absolute Gasteiger partial charge is 0.226 e. The van der Waals surface area contributed by atoms with Crippen LogP contribution < -0.4 is 5.32 Å². The Balaban J connectivity index is 1.72. The fraction of sp³-hybridized carbons (Fsp3) is 0.286. The van der Waals surface area contributed by atoms with Crippen LogP contribution in [0.5, 0.6) is 0 Å². The standard InChI is InChI=1S/C21H20N4O/c1-21(2)10-16-18(17(26)11-21)19(25-20(24-16)22-12-23-25)15-8-7-13-5-3-4-6-14(13)9-15/h3-9,12,19H,10-11H2,1-2H3,(H,22,23,24). The summed E-state index contributed by atoms with van der Waals surface area (Å²) < 4.78 is 1.83. The fourth-order valence-electron chi connectivity index (χ4n) is 4.23. The zero-order chi connectivity index (χ0) is 17.9. The number of carbonyl (C=O) groups is 1. The molecule has 1 N–H and O–H groups in total. The van der Waals surface area contributed by atoms with E-state index in [4.69, 9.17) is 0 Å². The number of ketones is 1. The molecule has 1 atom stereocenters. The Morgan fingerprint density at radius 3 is 2.77 bits per heavy atom. The molecule has 0 fully saturated rings. The summed E-state index contributed by atoms with van der Waals surface area (Å²) in [6.07, 6.45) is 2.94. The molecule has 0 saturated heterocycles. The monoisotopic (exact) mass is 344 g/mol. The molecule has 1 aliphatic heterocycles. The Kier molecular flexibility index (Phi) is 3.11. The van der Waals surface area contributed by atoms with Gasteiger partial charge >= 0.3 is 0 Å². The lowest BCUT2D eigenvalue weighted by Gasteiger charge is -2.38. The van der Waals surface area contributed by atoms with E-state index >= 15 is 0 Å². The van der Waals surface area contributed by atoms with Crippen LogP contribution in [0.2, 0.25) is 0 Å². The molecule has 0 spiro atoms. The van der Waals surface area contributed by atoms with Gasteiger partial charge in [-0.15, -0.1) is 0 Å². The van der Waals surface area contributed by atoms with Crippen molar-refractivity contribution in [2.45, 2.75) is 32.7 Å². The third kappa shape index (κ3) is 2.27. The zero-order valence-electron chi connectivity index (χ0n) is 14.9. The third-order valence-electron chi connectivity index (χ3n) is 5.36. The van der Waals surface area contributed by atoms with Crippen molar-refractivity contribution in [2.24, 2.45) is 5.41 Å². The van der Waals surface area contributed by atoms with Crippen LogP contribution in [0, 0.1) is 5.41 Å². The number of anilines is 1. The molecule has 26 heavy (non-hydrogen) atoms. The van der Waals surface area contributed by atoms with Crippen LogP contribution >= 0.6 is 0 Å². The summed E-state index contributed by atoms with van der Waals surface area (Å²) in [5, 5.41) is 10.1. The molecule has 0 saturated carbocycles. The van der Waals surface area contributed by atoms with Crippen molar-refractivity contribution in [3.63, 3.8) is 0 Å². The highest BCUT2D eigenvalue weighted by Gasteiger charge is 2.41. The van der Waals surface area contributed by atoms with E-state index < -0.39 is 0 Å². The molecule has 1 unspecified atom stereocenters. The number of nitrogens with one attached hydrogen (secondary N) is 1. The summed E-state index contributed by atoms with van der Waals surface area (Å²) in [6, 6.07) is 14.4. The molecule has 5 rings (SSSR count). The number of hydrogen-bond donors (Lipinski definition) is 1. The molecule has 0 amide bonds. The molecule has 2 aromatic carbocycles. The average Bonchev–Trinajstić information content (AvgIpc) is 3.06. The minimum Gasteiger partial charge on any atom is -0.328 e. The highest BCUT2D eigenvalue weighted by molar-refractivity contribution is 6.00. The highest BCUT2D eigenvalue weighted by Crippen LogP contribution is 2.45. The summed E-state index contributed by atoms with van der Waals surface area (Å²) >= 11 is 0. The van der Waals surface area contributed by atoms with E-state index in [1.807, 2.05) is 16.8 Å². The van der Waals surface area contributed by atoms with Crippen LogP contribution in [0.1, 0.15) is 38.3 Å². The number of rotatable bonds is 1. The maximum atomic E-state index is 13.1. The Bertz CT molecular complexity index is 1080. The van der Waals surface area contributed by atoms with Crippen LogP contribution in [0.25, 0.3) is 10.8 Å². The average molecular weight is 344 g/mol. The number of aromatic nitrogens is 3.